The number of hydrogen-bond acceptors (Lipinski definition) is 10. The average Bonchev–Trinajstić information content (AvgIpc) is 3.62. The number of anilines is 1. The largest absolute Gasteiger partial charge is 0.467 e. The Morgan fingerprint density at radius 2 is 1.82 bits per heavy atom. The molecule has 0 amide bonds. The van der Waals surface area contributed by atoms with Crippen LogP contribution in [0.25, 0.3) is 21.1 Å². The number of nitrogens with zero attached hydrogens (tertiary/aromatic N) is 7. The summed E-state index contributed by atoms with van der Waals surface area (Å²) < 4.78 is 71.9. The number of nitriles is 1. The predicted octanol–water partition coefficient (Wildman–Crippen LogP) is 4.98. The molecular weight excluding hydrogens is 678 g/mol. The first kappa shape index (κ1) is 35.3. The van der Waals surface area contributed by atoms with Crippen LogP contribution in [0.5, 0.6) is 6.01 Å². The van der Waals surface area contributed by atoms with Crippen LogP contribution < -0.4 is 10.1 Å². The predicted molar refractivity (Wildman–Crippen MR) is 184 cm³/mol. The molecule has 0 radical (unpaired) electrons. The minimum absolute atomic E-state index is 0.0946. The van der Waals surface area contributed by atoms with Crippen molar-refractivity contribution in [3.05, 3.63) is 46.0 Å². The molecule has 1 N–H and O–H groups in total. The second-order valence-electron chi connectivity index (χ2n) is 13.1. The van der Waals surface area contributed by atoms with Crippen LogP contribution in [-0.2, 0) is 29.5 Å². The molecule has 4 aromatic rings. The number of fused-ring (bicyclic) bond motifs is 2. The minimum atomic E-state index is -4.30. The van der Waals surface area contributed by atoms with Crippen LogP contribution in [0.2, 0.25) is 0 Å². The lowest BCUT2D eigenvalue weighted by Crippen LogP contribution is -2.51. The number of aryl methyl sites for hydroxylation is 1. The molecule has 11 nitrogen and oxygen atoms in total. The monoisotopic (exact) mass is 718 g/mol. The van der Waals surface area contributed by atoms with Gasteiger partial charge in [-0.1, -0.05) is 6.07 Å². The molecule has 16 heteroatoms. The topological polar surface area (TPSA) is 120 Å². The van der Waals surface area contributed by atoms with Gasteiger partial charge in [0.2, 0.25) is 10.0 Å². The number of piperidine rings is 1. The van der Waals surface area contributed by atoms with Crippen molar-refractivity contribution >= 4 is 48.3 Å². The quantitative estimate of drug-likeness (QED) is 0.242. The number of thiophene rings is 1. The number of benzene rings is 1. The molecule has 264 valence electrons. The van der Waals surface area contributed by atoms with Gasteiger partial charge in [-0.15, -0.1) is 11.3 Å². The van der Waals surface area contributed by atoms with Crippen LogP contribution in [0.4, 0.5) is 19.0 Å². The van der Waals surface area contributed by atoms with Gasteiger partial charge >= 0.3 is 12.2 Å². The molecule has 2 saturated heterocycles. The molecule has 1 atom stereocenters. The highest BCUT2D eigenvalue weighted by Crippen LogP contribution is 2.35. The number of sulfonamides is 1. The van der Waals surface area contributed by atoms with Gasteiger partial charge in [-0.05, 0) is 56.0 Å². The van der Waals surface area contributed by atoms with E-state index in [1.807, 2.05) is 6.07 Å². The third-order valence-corrected chi connectivity index (χ3v) is 12.0. The molecule has 49 heavy (non-hydrogen) atoms. The van der Waals surface area contributed by atoms with Crippen LogP contribution in [0.1, 0.15) is 41.5 Å². The van der Waals surface area contributed by atoms with Crippen molar-refractivity contribution in [2.75, 3.05) is 58.0 Å². The lowest BCUT2D eigenvalue weighted by Gasteiger charge is -2.37. The molecule has 3 aromatic heterocycles. The van der Waals surface area contributed by atoms with Crippen LogP contribution >= 0.6 is 11.3 Å². The number of piperazine rings is 1. The Hall–Kier alpha value is -3.49. The van der Waals surface area contributed by atoms with E-state index in [2.05, 4.69) is 61.7 Å². The number of likely N-dealkylation sites (tertiary alicyclic amines) is 1. The van der Waals surface area contributed by atoms with Crippen molar-refractivity contribution in [1.29, 1.82) is 5.26 Å². The molecule has 2 aliphatic heterocycles. The van der Waals surface area contributed by atoms with Gasteiger partial charge in [0.15, 0.2) is 0 Å². The summed E-state index contributed by atoms with van der Waals surface area (Å²) >= 11 is 1.01. The van der Waals surface area contributed by atoms with Crippen LogP contribution in [-0.4, -0.2) is 108 Å². The van der Waals surface area contributed by atoms with Gasteiger partial charge in [-0.2, -0.15) is 32.7 Å². The molecule has 0 bridgehead atoms. The van der Waals surface area contributed by atoms with E-state index in [4.69, 9.17) is 4.74 Å². The fourth-order valence-electron chi connectivity index (χ4n) is 6.95. The molecule has 2 fully saturated rings. The van der Waals surface area contributed by atoms with E-state index in [0.29, 0.717) is 54.5 Å². The Balaban J connectivity index is 1.10. The summed E-state index contributed by atoms with van der Waals surface area (Å²) in [6, 6.07) is 10.5. The summed E-state index contributed by atoms with van der Waals surface area (Å²) in [4.78, 5) is 14.0. The van der Waals surface area contributed by atoms with Crippen molar-refractivity contribution in [3.8, 4) is 12.1 Å². The summed E-state index contributed by atoms with van der Waals surface area (Å²) in [5.41, 5.74) is 3.96. The van der Waals surface area contributed by atoms with Gasteiger partial charge in [0.1, 0.15) is 22.4 Å². The second-order valence-corrected chi connectivity index (χ2v) is 16.2. The van der Waals surface area contributed by atoms with Gasteiger partial charge in [0, 0.05) is 80.2 Å². The van der Waals surface area contributed by atoms with Crippen molar-refractivity contribution < 1.29 is 26.3 Å². The van der Waals surface area contributed by atoms with Crippen molar-refractivity contribution in [2.45, 2.75) is 64.5 Å². The zero-order chi connectivity index (χ0) is 35.1. The molecule has 0 aliphatic carbocycles. The number of aromatic nitrogens is 3. The summed E-state index contributed by atoms with van der Waals surface area (Å²) in [5.74, 6) is 0.495. The number of nitrogens with one attached hydrogen (secondary N) is 1. The number of methoxy groups -OCH3 is 1. The summed E-state index contributed by atoms with van der Waals surface area (Å²) in [6.07, 6.45) is -2.39. The SMILES string of the molecule is COc1nc(NC2CCN(Cc3ccc4c(cc(C#N)n4C[C@H](C)N4CCN(S(C)(=O)=O)CC4)c3C)CC2)c2cc(CC(F)(F)F)sc2n1. The molecule has 0 spiro atoms. The Bertz CT molecular complexity index is 1970. The summed E-state index contributed by atoms with van der Waals surface area (Å²) in [5, 5.41) is 15.1. The van der Waals surface area contributed by atoms with Crippen LogP contribution in [0, 0.1) is 18.3 Å². The standard InChI is InChI=1S/C33H41F3N8O3S2/c1-21(42-11-13-43(14-12-42)49(4,45)46)19-44-25(18-37)15-27-22(2)23(5-6-29(27)44)20-41-9-7-24(8-10-41)38-30-28-16-26(17-33(34,35)36)48-31(28)40-32(39-30)47-3/h5-6,15-16,21,24H,7-14,17,19-20H2,1-4H3,(H,38,39,40)/t21-/m0/s1. The van der Waals surface area contributed by atoms with Gasteiger partial charge < -0.3 is 14.6 Å². The maximum atomic E-state index is 13.1. The van der Waals surface area contributed by atoms with E-state index in [1.54, 1.807) is 0 Å². The number of halogens is 3. The zero-order valence-electron chi connectivity index (χ0n) is 28.0. The van der Waals surface area contributed by atoms with Gasteiger partial charge in [-0.25, -0.2) is 8.42 Å². The fourth-order valence-corrected chi connectivity index (χ4v) is 8.82. The Morgan fingerprint density at radius 1 is 1.10 bits per heavy atom. The van der Waals surface area contributed by atoms with Gasteiger partial charge in [-0.3, -0.25) is 9.80 Å². The van der Waals surface area contributed by atoms with Gasteiger partial charge in [0.25, 0.3) is 0 Å². The zero-order valence-corrected chi connectivity index (χ0v) is 29.7. The number of rotatable bonds is 10. The summed E-state index contributed by atoms with van der Waals surface area (Å²) in [6.45, 7) is 9.52. The molecular formula is C33H41F3N8O3S2. The van der Waals surface area contributed by atoms with Gasteiger partial charge in [0.05, 0.1) is 25.2 Å². The Labute approximate surface area is 288 Å². The summed E-state index contributed by atoms with van der Waals surface area (Å²) in [7, 11) is -1.76. The van der Waals surface area contributed by atoms with Crippen molar-refractivity contribution in [3.63, 3.8) is 0 Å². The van der Waals surface area contributed by atoms with Crippen LogP contribution in [0.3, 0.4) is 0 Å². The van der Waals surface area contributed by atoms with E-state index in [0.717, 1.165) is 60.3 Å². The molecule has 0 unspecified atom stereocenters. The normalized spacial score (nSPS) is 18.2. The van der Waals surface area contributed by atoms with E-state index in [1.165, 1.54) is 29.3 Å². The minimum Gasteiger partial charge on any atom is -0.467 e. The highest BCUT2D eigenvalue weighted by atomic mass is 32.2. The van der Waals surface area contributed by atoms with E-state index in [-0.39, 0.29) is 23.0 Å². The third kappa shape index (κ3) is 7.96. The highest BCUT2D eigenvalue weighted by molar-refractivity contribution is 7.88. The smallest absolute Gasteiger partial charge is 0.393 e. The molecule has 6 rings (SSSR count). The van der Waals surface area contributed by atoms with E-state index in [9.17, 15) is 26.9 Å². The Kier molecular flexibility index (Phi) is 10.1. The maximum Gasteiger partial charge on any atom is 0.393 e. The molecule has 5 heterocycles. The third-order valence-electron chi connectivity index (χ3n) is 9.70. The first-order valence-corrected chi connectivity index (χ1v) is 19.0. The number of ether oxygens (including phenoxy) is 1. The molecule has 0 saturated carbocycles. The first-order valence-electron chi connectivity index (χ1n) is 16.3. The number of hydrogen-bond donors (Lipinski definition) is 1. The van der Waals surface area contributed by atoms with Crippen LogP contribution in [0.15, 0.2) is 24.3 Å². The lowest BCUT2D eigenvalue weighted by molar-refractivity contribution is -0.126. The number of alkyl halides is 3. The van der Waals surface area contributed by atoms with Crippen molar-refractivity contribution in [2.24, 2.45) is 0 Å². The second kappa shape index (κ2) is 14.0. The Morgan fingerprint density at radius 3 is 2.45 bits per heavy atom. The average molecular weight is 719 g/mol. The van der Waals surface area contributed by atoms with E-state index < -0.39 is 22.6 Å². The molecule has 1 aromatic carbocycles. The lowest BCUT2D eigenvalue weighted by atomic mass is 10.0. The van der Waals surface area contributed by atoms with E-state index >= 15 is 0 Å². The molecule has 2 aliphatic rings. The fraction of sp³-hybridized carbons (Fsp3) is 0.545. The highest BCUT2D eigenvalue weighted by Gasteiger charge is 2.30. The maximum absolute atomic E-state index is 13.1. The first-order chi connectivity index (χ1) is 23.2. The van der Waals surface area contributed by atoms with Crippen molar-refractivity contribution in [1.82, 2.24) is 28.6 Å².